The lowest BCUT2D eigenvalue weighted by molar-refractivity contribution is -0.118. The number of para-hydroxylation sites is 1. The zero-order valence-corrected chi connectivity index (χ0v) is 12.0. The first kappa shape index (κ1) is 13.4. The van der Waals surface area contributed by atoms with Crippen molar-refractivity contribution in [3.05, 3.63) is 54.4 Å². The molecule has 2 aromatic heterocycles. The first-order chi connectivity index (χ1) is 10.3. The van der Waals surface area contributed by atoms with Crippen molar-refractivity contribution in [1.29, 1.82) is 0 Å². The zero-order chi connectivity index (χ0) is 14.7. The monoisotopic (exact) mass is 299 g/mol. The van der Waals surface area contributed by atoms with Crippen LogP contribution in [0, 0.1) is 0 Å². The number of nitrogens with zero attached hydrogens (tertiary/aromatic N) is 5. The van der Waals surface area contributed by atoms with Crippen molar-refractivity contribution in [2.45, 2.75) is 13.1 Å². The molecule has 0 saturated carbocycles. The van der Waals surface area contributed by atoms with Crippen molar-refractivity contribution >= 4 is 27.5 Å². The number of allylic oxidation sites excluding steroid dienone is 1. The minimum absolute atomic E-state index is 0.0856. The lowest BCUT2D eigenvalue weighted by Crippen LogP contribution is -2.18. The minimum Gasteiger partial charge on any atom is -0.313 e. The van der Waals surface area contributed by atoms with Crippen LogP contribution >= 0.6 is 11.3 Å². The van der Waals surface area contributed by atoms with Crippen molar-refractivity contribution in [3.8, 4) is 0 Å². The van der Waals surface area contributed by atoms with Crippen LogP contribution in [-0.4, -0.2) is 25.2 Å². The Morgan fingerprint density at radius 3 is 3.05 bits per heavy atom. The molecule has 3 aromatic rings. The van der Waals surface area contributed by atoms with Crippen LogP contribution in [0.4, 0.5) is 0 Å². The van der Waals surface area contributed by atoms with E-state index in [1.165, 1.54) is 28.7 Å². The highest BCUT2D eigenvalue weighted by molar-refractivity contribution is 7.16. The predicted molar refractivity (Wildman–Crippen MR) is 80.6 cm³/mol. The van der Waals surface area contributed by atoms with Gasteiger partial charge in [-0.25, -0.2) is 9.67 Å². The summed E-state index contributed by atoms with van der Waals surface area (Å²) in [6, 6.07) is 7.96. The Hall–Kier alpha value is -2.54. The molecule has 0 fully saturated rings. The molecule has 106 valence electrons. The van der Waals surface area contributed by atoms with Crippen LogP contribution < -0.4 is 4.80 Å². The van der Waals surface area contributed by atoms with Crippen LogP contribution in [0.25, 0.3) is 10.2 Å². The summed E-state index contributed by atoms with van der Waals surface area (Å²) in [5.41, 5.74) is 1.05. The van der Waals surface area contributed by atoms with Crippen molar-refractivity contribution in [2.24, 2.45) is 4.99 Å². The van der Waals surface area contributed by atoms with Gasteiger partial charge in [0.2, 0.25) is 0 Å². The van der Waals surface area contributed by atoms with Gasteiger partial charge < -0.3 is 4.57 Å². The zero-order valence-electron chi connectivity index (χ0n) is 11.2. The van der Waals surface area contributed by atoms with Gasteiger partial charge in [-0.3, -0.25) is 4.79 Å². The van der Waals surface area contributed by atoms with E-state index in [4.69, 9.17) is 0 Å². The van der Waals surface area contributed by atoms with Gasteiger partial charge >= 0.3 is 0 Å². The summed E-state index contributed by atoms with van der Waals surface area (Å²) < 4.78 is 4.52. The lowest BCUT2D eigenvalue weighted by atomic mass is 10.3. The molecule has 2 heterocycles. The molecule has 1 aromatic carbocycles. The number of rotatable bonds is 4. The van der Waals surface area contributed by atoms with Gasteiger partial charge in [0.15, 0.2) is 4.80 Å². The van der Waals surface area contributed by atoms with Gasteiger partial charge in [-0.15, -0.1) is 6.58 Å². The van der Waals surface area contributed by atoms with E-state index in [-0.39, 0.29) is 12.5 Å². The SMILES string of the molecule is C=CCn1c(=NC(=O)Cn2cncn2)sc2ccccc21. The number of carbonyl (C=O) groups excluding carboxylic acids is 1. The third kappa shape index (κ3) is 2.82. The molecule has 0 aliphatic carbocycles. The second kappa shape index (κ2) is 5.84. The van der Waals surface area contributed by atoms with Gasteiger partial charge in [0.25, 0.3) is 5.91 Å². The molecule has 21 heavy (non-hydrogen) atoms. The minimum atomic E-state index is -0.259. The molecule has 0 radical (unpaired) electrons. The van der Waals surface area contributed by atoms with Crippen molar-refractivity contribution < 1.29 is 4.79 Å². The van der Waals surface area contributed by atoms with Gasteiger partial charge in [0.05, 0.1) is 10.2 Å². The summed E-state index contributed by atoms with van der Waals surface area (Å²) in [7, 11) is 0. The molecule has 0 aliphatic rings. The van der Waals surface area contributed by atoms with E-state index in [0.717, 1.165) is 10.2 Å². The number of carbonyl (C=O) groups is 1. The summed E-state index contributed by atoms with van der Waals surface area (Å²) >= 11 is 1.49. The third-order valence-electron chi connectivity index (χ3n) is 2.88. The third-order valence-corrected chi connectivity index (χ3v) is 3.94. The molecule has 3 rings (SSSR count). The Balaban J connectivity index is 2.02. The van der Waals surface area contributed by atoms with Crippen LogP contribution in [-0.2, 0) is 17.9 Å². The van der Waals surface area contributed by atoms with E-state index in [1.54, 1.807) is 6.08 Å². The lowest BCUT2D eigenvalue weighted by Gasteiger charge is -2.00. The topological polar surface area (TPSA) is 65.1 Å². The molecule has 0 atom stereocenters. The molecule has 0 bridgehead atoms. The summed E-state index contributed by atoms with van der Waals surface area (Å²) in [6.45, 7) is 4.45. The number of fused-ring (bicyclic) bond motifs is 1. The standard InChI is InChI=1S/C14H13N5OS/c1-2-7-19-11-5-3-4-6-12(11)21-14(19)17-13(20)8-18-10-15-9-16-18/h2-6,9-10H,1,7-8H2. The number of aromatic nitrogens is 4. The summed E-state index contributed by atoms with van der Waals surface area (Å²) in [5, 5.41) is 3.90. The Kier molecular flexibility index (Phi) is 3.74. The summed E-state index contributed by atoms with van der Waals surface area (Å²) in [6.07, 6.45) is 4.68. The molecule has 0 unspecified atom stereocenters. The Labute approximate surface area is 124 Å². The fourth-order valence-electron chi connectivity index (χ4n) is 2.01. The highest BCUT2D eigenvalue weighted by atomic mass is 32.1. The Bertz CT molecular complexity index is 844. The highest BCUT2D eigenvalue weighted by Gasteiger charge is 2.07. The maximum atomic E-state index is 12.0. The molecule has 1 amide bonds. The van der Waals surface area contributed by atoms with Crippen LogP contribution in [0.15, 0.2) is 54.6 Å². The average Bonchev–Trinajstić information content (AvgIpc) is 3.08. The Morgan fingerprint density at radius 1 is 1.43 bits per heavy atom. The number of hydrogen-bond acceptors (Lipinski definition) is 4. The van der Waals surface area contributed by atoms with Crippen molar-refractivity contribution in [3.63, 3.8) is 0 Å². The van der Waals surface area contributed by atoms with E-state index >= 15 is 0 Å². The van der Waals surface area contributed by atoms with Gasteiger partial charge in [-0.1, -0.05) is 29.5 Å². The molecular weight excluding hydrogens is 286 g/mol. The summed E-state index contributed by atoms with van der Waals surface area (Å²) in [5.74, 6) is -0.259. The highest BCUT2D eigenvalue weighted by Crippen LogP contribution is 2.16. The number of amides is 1. The first-order valence-electron chi connectivity index (χ1n) is 6.37. The number of benzene rings is 1. The molecule has 7 heteroatoms. The molecule has 6 nitrogen and oxygen atoms in total. The largest absolute Gasteiger partial charge is 0.313 e. The molecule has 0 aliphatic heterocycles. The predicted octanol–water partition coefficient (Wildman–Crippen LogP) is 1.61. The Morgan fingerprint density at radius 2 is 2.29 bits per heavy atom. The fourth-order valence-corrected chi connectivity index (χ4v) is 3.06. The van der Waals surface area contributed by atoms with Crippen LogP contribution in [0.2, 0.25) is 0 Å². The number of thiazole rings is 1. The summed E-state index contributed by atoms with van der Waals surface area (Å²) in [4.78, 5) is 20.7. The van der Waals surface area contributed by atoms with Crippen molar-refractivity contribution in [2.75, 3.05) is 0 Å². The normalized spacial score (nSPS) is 11.9. The fraction of sp³-hybridized carbons (Fsp3) is 0.143. The molecular formula is C14H13N5OS. The maximum absolute atomic E-state index is 12.0. The van der Waals surface area contributed by atoms with E-state index in [1.807, 2.05) is 28.8 Å². The maximum Gasteiger partial charge on any atom is 0.270 e. The first-order valence-corrected chi connectivity index (χ1v) is 7.19. The quantitative estimate of drug-likeness (QED) is 0.687. The smallest absolute Gasteiger partial charge is 0.270 e. The van der Waals surface area contributed by atoms with Crippen LogP contribution in [0.3, 0.4) is 0 Å². The van der Waals surface area contributed by atoms with E-state index < -0.39 is 0 Å². The second-order valence-electron chi connectivity index (χ2n) is 4.35. The molecule has 0 N–H and O–H groups in total. The van der Waals surface area contributed by atoms with Crippen LogP contribution in [0.1, 0.15) is 0 Å². The average molecular weight is 299 g/mol. The van der Waals surface area contributed by atoms with E-state index in [0.29, 0.717) is 11.3 Å². The molecule has 0 saturated heterocycles. The van der Waals surface area contributed by atoms with E-state index in [9.17, 15) is 4.79 Å². The van der Waals surface area contributed by atoms with Crippen molar-refractivity contribution in [1.82, 2.24) is 19.3 Å². The second-order valence-corrected chi connectivity index (χ2v) is 5.36. The van der Waals surface area contributed by atoms with Gasteiger partial charge in [0.1, 0.15) is 19.2 Å². The van der Waals surface area contributed by atoms with E-state index in [2.05, 4.69) is 21.7 Å². The molecule has 0 spiro atoms. The van der Waals surface area contributed by atoms with Crippen LogP contribution in [0.5, 0.6) is 0 Å². The van der Waals surface area contributed by atoms with Gasteiger partial charge in [-0.05, 0) is 12.1 Å². The number of hydrogen-bond donors (Lipinski definition) is 0. The van der Waals surface area contributed by atoms with Gasteiger partial charge in [0, 0.05) is 6.54 Å². The van der Waals surface area contributed by atoms with Gasteiger partial charge in [-0.2, -0.15) is 10.1 Å².